The number of quaternary nitrogens is 1. The van der Waals surface area contributed by atoms with Crippen LogP contribution in [0.1, 0.15) is 110 Å². The van der Waals surface area contributed by atoms with E-state index in [0.717, 1.165) is 17.4 Å². The number of nitrogens with zero attached hydrogens (tertiary/aromatic N) is 1. The van der Waals surface area contributed by atoms with E-state index >= 15 is 0 Å². The van der Waals surface area contributed by atoms with Crippen LogP contribution in [0.2, 0.25) is 0 Å². The van der Waals surface area contributed by atoms with Crippen LogP contribution in [0.15, 0.2) is 0 Å². The lowest BCUT2D eigenvalue weighted by molar-refractivity contribution is -0.873. The molecule has 1 atom stereocenters. The average molecular weight is 406 g/mol. The molecule has 0 heterocycles. The minimum absolute atomic E-state index is 0. The van der Waals surface area contributed by atoms with E-state index in [1.807, 2.05) is 0 Å². The van der Waals surface area contributed by atoms with Gasteiger partial charge in [-0.05, 0) is 12.8 Å². The molecule has 0 rings (SSSR count). The zero-order valence-corrected chi connectivity index (χ0v) is 19.8. The number of carbonyl (C=O) groups excluding carboxylic acids is 1. The Bertz CT molecular complexity index is 329. The van der Waals surface area contributed by atoms with Crippen molar-refractivity contribution in [3.05, 3.63) is 0 Å². The van der Waals surface area contributed by atoms with Crippen LogP contribution in [0, 0.1) is 0 Å². The van der Waals surface area contributed by atoms with Crippen LogP contribution < -0.4 is 12.4 Å². The number of carbonyl (C=O) groups is 1. The van der Waals surface area contributed by atoms with E-state index in [9.17, 15) is 4.79 Å². The normalized spacial score (nSPS) is 12.5. The highest BCUT2D eigenvalue weighted by Crippen LogP contribution is 2.15. The number of hydrogen-bond acceptors (Lipinski definition) is 2. The quantitative estimate of drug-likeness (QED) is 0.198. The molecule has 0 aromatic rings. The molecule has 4 heteroatoms. The molecule has 0 aliphatic heterocycles. The number of hydrogen-bond donors (Lipinski definition) is 0. The molecule has 0 saturated carbocycles. The lowest BCUT2D eigenvalue weighted by Gasteiger charge is -2.28. The topological polar surface area (TPSA) is 26.3 Å². The van der Waals surface area contributed by atoms with Gasteiger partial charge in [-0.2, -0.15) is 0 Å². The molecule has 0 amide bonds. The number of halogens is 1. The molecule has 0 radical (unpaired) electrons. The first kappa shape index (κ1) is 28.9. The van der Waals surface area contributed by atoms with Crippen LogP contribution in [0.25, 0.3) is 0 Å². The van der Waals surface area contributed by atoms with E-state index in [2.05, 4.69) is 28.1 Å². The average Bonchev–Trinajstić information content (AvgIpc) is 2.53. The summed E-state index contributed by atoms with van der Waals surface area (Å²) in [4.78, 5) is 11.3. The van der Waals surface area contributed by atoms with E-state index in [-0.39, 0.29) is 24.5 Å². The lowest BCUT2D eigenvalue weighted by atomic mass is 10.0. The van der Waals surface area contributed by atoms with Crippen molar-refractivity contribution < 1.29 is 26.4 Å². The van der Waals surface area contributed by atoms with Crippen LogP contribution in [0.5, 0.6) is 0 Å². The number of esters is 1. The van der Waals surface area contributed by atoms with Crippen molar-refractivity contribution >= 4 is 5.97 Å². The van der Waals surface area contributed by atoms with Gasteiger partial charge >= 0.3 is 5.97 Å². The highest BCUT2D eigenvalue weighted by molar-refractivity contribution is 5.66. The molecule has 0 aliphatic rings. The van der Waals surface area contributed by atoms with Gasteiger partial charge < -0.3 is 21.6 Å². The minimum atomic E-state index is -0.145. The SMILES string of the molecule is CCCCCCCCCCCCCCCCC(C[N+](C)(C)C)OC(C)=O.[Cl-]. The van der Waals surface area contributed by atoms with E-state index in [1.165, 1.54) is 96.8 Å². The summed E-state index contributed by atoms with van der Waals surface area (Å²) in [6, 6.07) is 0. The molecule has 0 aliphatic carbocycles. The van der Waals surface area contributed by atoms with Crippen molar-refractivity contribution in [3.63, 3.8) is 0 Å². The maximum absolute atomic E-state index is 11.3. The Hall–Kier alpha value is -0.280. The molecular weight excluding hydrogens is 358 g/mol. The molecule has 0 bridgehead atoms. The summed E-state index contributed by atoms with van der Waals surface area (Å²) in [5.41, 5.74) is 0. The highest BCUT2D eigenvalue weighted by atomic mass is 35.5. The minimum Gasteiger partial charge on any atom is -1.00 e. The van der Waals surface area contributed by atoms with Gasteiger partial charge in [0.05, 0.1) is 21.1 Å². The van der Waals surface area contributed by atoms with Crippen LogP contribution >= 0.6 is 0 Å². The van der Waals surface area contributed by atoms with Crippen molar-refractivity contribution in [1.82, 2.24) is 0 Å². The predicted octanol–water partition coefficient (Wildman–Crippen LogP) is 3.50. The Morgan fingerprint density at radius 3 is 1.44 bits per heavy atom. The van der Waals surface area contributed by atoms with Gasteiger partial charge in [-0.1, -0.05) is 90.4 Å². The number of unbranched alkanes of at least 4 members (excludes halogenated alkanes) is 13. The first-order valence-corrected chi connectivity index (χ1v) is 11.3. The maximum atomic E-state index is 11.3. The second-order valence-corrected chi connectivity index (χ2v) is 9.09. The van der Waals surface area contributed by atoms with Gasteiger partial charge in [0.2, 0.25) is 0 Å². The van der Waals surface area contributed by atoms with E-state index in [4.69, 9.17) is 4.74 Å². The van der Waals surface area contributed by atoms with Crippen LogP contribution in [0.4, 0.5) is 0 Å². The molecule has 0 saturated heterocycles. The number of rotatable bonds is 18. The molecule has 164 valence electrons. The predicted molar refractivity (Wildman–Crippen MR) is 113 cm³/mol. The fourth-order valence-corrected chi connectivity index (χ4v) is 3.60. The molecule has 3 nitrogen and oxygen atoms in total. The van der Waals surface area contributed by atoms with E-state index in [0.29, 0.717) is 0 Å². The van der Waals surface area contributed by atoms with Gasteiger partial charge in [-0.15, -0.1) is 0 Å². The van der Waals surface area contributed by atoms with E-state index in [1.54, 1.807) is 0 Å². The summed E-state index contributed by atoms with van der Waals surface area (Å²) in [6.07, 6.45) is 20.4. The van der Waals surface area contributed by atoms with Crippen LogP contribution in [0.3, 0.4) is 0 Å². The molecule has 27 heavy (non-hydrogen) atoms. The van der Waals surface area contributed by atoms with E-state index < -0.39 is 0 Å². The third-order valence-corrected chi connectivity index (χ3v) is 4.96. The monoisotopic (exact) mass is 405 g/mol. The van der Waals surface area contributed by atoms with Gasteiger partial charge in [0, 0.05) is 6.92 Å². The smallest absolute Gasteiger partial charge is 0.303 e. The molecular formula is C23H48ClNO2. The fourth-order valence-electron chi connectivity index (χ4n) is 3.60. The lowest BCUT2D eigenvalue weighted by Crippen LogP contribution is -3.00. The highest BCUT2D eigenvalue weighted by Gasteiger charge is 2.20. The summed E-state index contributed by atoms with van der Waals surface area (Å²) < 4.78 is 6.33. The Balaban J connectivity index is 0. The Morgan fingerprint density at radius 1 is 0.741 bits per heavy atom. The third kappa shape index (κ3) is 23.7. The van der Waals surface area contributed by atoms with Crippen LogP contribution in [-0.2, 0) is 9.53 Å². The summed E-state index contributed by atoms with van der Waals surface area (Å²) >= 11 is 0. The van der Waals surface area contributed by atoms with Gasteiger partial charge in [0.25, 0.3) is 0 Å². The Labute approximate surface area is 176 Å². The summed E-state index contributed by atoms with van der Waals surface area (Å²) in [7, 11) is 6.46. The Morgan fingerprint density at radius 2 is 1.11 bits per heavy atom. The zero-order chi connectivity index (χ0) is 19.7. The van der Waals surface area contributed by atoms with Crippen molar-refractivity contribution in [1.29, 1.82) is 0 Å². The van der Waals surface area contributed by atoms with Crippen molar-refractivity contribution in [2.24, 2.45) is 0 Å². The van der Waals surface area contributed by atoms with Crippen molar-refractivity contribution in [3.8, 4) is 0 Å². The standard InChI is InChI=1S/C23H48NO2.ClH/c1-6-7-8-9-10-11-12-13-14-15-16-17-18-19-20-23(26-22(2)25)21-24(3,4)5;/h23H,6-21H2,1-5H3;1H/q+1;/p-1. The van der Waals surface area contributed by atoms with Gasteiger partial charge in [-0.25, -0.2) is 0 Å². The van der Waals surface area contributed by atoms with Gasteiger partial charge in [0.15, 0.2) is 6.10 Å². The molecule has 0 aromatic carbocycles. The first-order valence-electron chi connectivity index (χ1n) is 11.3. The molecule has 0 spiro atoms. The Kier molecular flexibility index (Phi) is 20.4. The first-order chi connectivity index (χ1) is 12.3. The largest absolute Gasteiger partial charge is 1.00 e. The van der Waals surface area contributed by atoms with Gasteiger partial charge in [-0.3, -0.25) is 4.79 Å². The molecule has 0 aromatic heterocycles. The number of likely N-dealkylation sites (N-methyl/N-ethyl adjacent to an activating group) is 1. The maximum Gasteiger partial charge on any atom is 0.303 e. The third-order valence-electron chi connectivity index (χ3n) is 4.96. The van der Waals surface area contributed by atoms with Gasteiger partial charge in [0.1, 0.15) is 6.54 Å². The summed E-state index contributed by atoms with van der Waals surface area (Å²) in [5, 5.41) is 0. The number of ether oxygens (including phenoxy) is 1. The molecule has 1 unspecified atom stereocenters. The summed E-state index contributed by atoms with van der Waals surface area (Å²) in [6.45, 7) is 4.70. The van der Waals surface area contributed by atoms with Crippen molar-refractivity contribution in [2.75, 3.05) is 27.7 Å². The second kappa shape index (κ2) is 19.1. The zero-order valence-electron chi connectivity index (χ0n) is 19.0. The van der Waals surface area contributed by atoms with Crippen LogP contribution in [-0.4, -0.2) is 44.2 Å². The summed E-state index contributed by atoms with van der Waals surface area (Å²) in [5.74, 6) is -0.145. The van der Waals surface area contributed by atoms with Crippen molar-refractivity contribution in [2.45, 2.75) is 116 Å². The molecule has 0 N–H and O–H groups in total. The second-order valence-electron chi connectivity index (χ2n) is 9.09. The fraction of sp³-hybridized carbons (Fsp3) is 0.957. The molecule has 0 fully saturated rings.